The molecule has 0 aromatic heterocycles. The van der Waals surface area contributed by atoms with Gasteiger partial charge in [-0.3, -0.25) is 0 Å². The molecule has 0 fully saturated rings. The molecule has 0 saturated heterocycles. The Morgan fingerprint density at radius 2 is 1.43 bits per heavy atom. The minimum atomic E-state index is -0.550. The van der Waals surface area contributed by atoms with Crippen molar-refractivity contribution in [1.82, 2.24) is 10.6 Å². The fourth-order valence-electron chi connectivity index (χ4n) is 0.521. The van der Waals surface area contributed by atoms with E-state index in [9.17, 15) is 9.59 Å². The van der Waals surface area contributed by atoms with Crippen LogP contribution in [-0.4, -0.2) is 39.5 Å². The molecule has 0 aliphatic heterocycles. The van der Waals surface area contributed by atoms with Crippen LogP contribution in [0.4, 0.5) is 9.59 Å². The van der Waals surface area contributed by atoms with Crippen molar-refractivity contribution in [2.75, 3.05) is 27.3 Å². The Morgan fingerprint density at radius 3 is 1.71 bits per heavy atom. The molecule has 0 atom stereocenters. The second-order valence-corrected chi connectivity index (χ2v) is 2.40. The van der Waals surface area contributed by atoms with E-state index in [0.29, 0.717) is 5.57 Å². The molecule has 80 valence electrons. The van der Waals surface area contributed by atoms with Crippen molar-refractivity contribution in [1.29, 1.82) is 0 Å². The van der Waals surface area contributed by atoms with E-state index in [1.807, 2.05) is 0 Å². The zero-order valence-electron chi connectivity index (χ0n) is 8.25. The van der Waals surface area contributed by atoms with Gasteiger partial charge in [-0.2, -0.15) is 0 Å². The van der Waals surface area contributed by atoms with Crippen LogP contribution in [0.3, 0.4) is 0 Å². The first-order valence-corrected chi connectivity index (χ1v) is 3.95. The maximum Gasteiger partial charge on any atom is 0.407 e. The number of rotatable bonds is 4. The predicted molar refractivity (Wildman–Crippen MR) is 50.0 cm³/mol. The van der Waals surface area contributed by atoms with E-state index in [1.54, 1.807) is 0 Å². The SMILES string of the molecule is C=C(COC(=O)NC)COC(=O)NC. The molecule has 6 heteroatoms. The van der Waals surface area contributed by atoms with Gasteiger partial charge >= 0.3 is 12.2 Å². The molecule has 6 nitrogen and oxygen atoms in total. The molecule has 0 aromatic rings. The number of amides is 2. The Bertz CT molecular complexity index is 205. The fourth-order valence-corrected chi connectivity index (χ4v) is 0.521. The highest BCUT2D eigenvalue weighted by Crippen LogP contribution is 1.93. The summed E-state index contributed by atoms with van der Waals surface area (Å²) in [4.78, 5) is 21.2. The topological polar surface area (TPSA) is 76.7 Å². The molecule has 0 bridgehead atoms. The summed E-state index contributed by atoms with van der Waals surface area (Å²) in [5, 5.41) is 4.55. The van der Waals surface area contributed by atoms with Gasteiger partial charge in [-0.15, -0.1) is 0 Å². The van der Waals surface area contributed by atoms with Gasteiger partial charge in [-0.05, 0) is 5.57 Å². The minimum absolute atomic E-state index is 0.0245. The Balaban J connectivity index is 3.56. The van der Waals surface area contributed by atoms with Crippen LogP contribution in [-0.2, 0) is 9.47 Å². The van der Waals surface area contributed by atoms with Crippen LogP contribution in [0.2, 0.25) is 0 Å². The van der Waals surface area contributed by atoms with E-state index in [-0.39, 0.29) is 13.2 Å². The normalized spacial score (nSPS) is 8.71. The van der Waals surface area contributed by atoms with Gasteiger partial charge in [-0.1, -0.05) is 6.58 Å². The number of alkyl carbamates (subject to hydrolysis) is 2. The molecule has 14 heavy (non-hydrogen) atoms. The quantitative estimate of drug-likeness (QED) is 0.641. The molecule has 0 heterocycles. The van der Waals surface area contributed by atoms with Crippen LogP contribution in [0.25, 0.3) is 0 Å². The van der Waals surface area contributed by atoms with Crippen LogP contribution in [0.15, 0.2) is 12.2 Å². The monoisotopic (exact) mass is 202 g/mol. The maximum absolute atomic E-state index is 10.6. The molecule has 0 unspecified atom stereocenters. The fraction of sp³-hybridized carbons (Fsp3) is 0.500. The number of carbonyl (C=O) groups is 2. The van der Waals surface area contributed by atoms with Crippen molar-refractivity contribution in [3.05, 3.63) is 12.2 Å². The second-order valence-electron chi connectivity index (χ2n) is 2.40. The highest BCUT2D eigenvalue weighted by molar-refractivity contribution is 5.67. The van der Waals surface area contributed by atoms with E-state index in [0.717, 1.165) is 0 Å². The summed E-state index contributed by atoms with van der Waals surface area (Å²) in [5.41, 5.74) is 0.497. The van der Waals surface area contributed by atoms with Gasteiger partial charge in [0.2, 0.25) is 0 Å². The van der Waals surface area contributed by atoms with E-state index in [1.165, 1.54) is 14.1 Å². The molecular formula is C8H14N2O4. The molecular weight excluding hydrogens is 188 g/mol. The third-order valence-electron chi connectivity index (χ3n) is 1.22. The van der Waals surface area contributed by atoms with E-state index in [4.69, 9.17) is 0 Å². The molecule has 0 rings (SSSR count). The van der Waals surface area contributed by atoms with Gasteiger partial charge in [-0.25, -0.2) is 9.59 Å². The lowest BCUT2D eigenvalue weighted by Gasteiger charge is -2.07. The van der Waals surface area contributed by atoms with Crippen molar-refractivity contribution in [3.8, 4) is 0 Å². The molecule has 0 spiro atoms. The van der Waals surface area contributed by atoms with Crippen LogP contribution < -0.4 is 10.6 Å². The molecule has 0 radical (unpaired) electrons. The lowest BCUT2D eigenvalue weighted by molar-refractivity contribution is 0.142. The molecule has 0 aliphatic rings. The van der Waals surface area contributed by atoms with Crippen molar-refractivity contribution in [2.24, 2.45) is 0 Å². The third-order valence-corrected chi connectivity index (χ3v) is 1.22. The molecule has 0 aromatic carbocycles. The van der Waals surface area contributed by atoms with E-state index < -0.39 is 12.2 Å². The highest BCUT2D eigenvalue weighted by Gasteiger charge is 2.03. The van der Waals surface area contributed by atoms with Gasteiger partial charge in [0.15, 0.2) is 0 Å². The van der Waals surface area contributed by atoms with E-state index >= 15 is 0 Å². The van der Waals surface area contributed by atoms with Gasteiger partial charge < -0.3 is 20.1 Å². The average Bonchev–Trinajstić information content (AvgIpc) is 2.22. The minimum Gasteiger partial charge on any atom is -0.445 e. The lowest BCUT2D eigenvalue weighted by Crippen LogP contribution is -2.23. The Hall–Kier alpha value is -1.72. The summed E-state index contributed by atoms with van der Waals surface area (Å²) >= 11 is 0. The van der Waals surface area contributed by atoms with Crippen LogP contribution in [0, 0.1) is 0 Å². The summed E-state index contributed by atoms with van der Waals surface area (Å²) in [7, 11) is 2.90. The molecule has 0 saturated carbocycles. The summed E-state index contributed by atoms with van der Waals surface area (Å²) in [6, 6.07) is 0. The first-order valence-electron chi connectivity index (χ1n) is 3.95. The van der Waals surface area contributed by atoms with Gasteiger partial charge in [0, 0.05) is 14.1 Å². The number of ether oxygens (including phenoxy) is 2. The summed E-state index contributed by atoms with van der Waals surface area (Å²) < 4.78 is 9.32. The Kier molecular flexibility index (Phi) is 5.93. The number of hydrogen-bond donors (Lipinski definition) is 2. The Morgan fingerprint density at radius 1 is 1.07 bits per heavy atom. The standard InChI is InChI=1S/C8H14N2O4/c1-6(4-13-7(11)9-2)5-14-8(12)10-3/h1,4-5H2,2-3H3,(H,9,11)(H,10,12). The third kappa shape index (κ3) is 5.87. The van der Waals surface area contributed by atoms with Gasteiger partial charge in [0.05, 0.1) is 0 Å². The average molecular weight is 202 g/mol. The summed E-state index contributed by atoms with van der Waals surface area (Å²) in [6.07, 6.45) is -1.10. The van der Waals surface area contributed by atoms with Gasteiger partial charge in [0.25, 0.3) is 0 Å². The highest BCUT2D eigenvalue weighted by atomic mass is 16.6. The number of hydrogen-bond acceptors (Lipinski definition) is 4. The molecule has 2 amide bonds. The zero-order valence-corrected chi connectivity index (χ0v) is 8.25. The van der Waals surface area contributed by atoms with Gasteiger partial charge in [0.1, 0.15) is 13.2 Å². The second kappa shape index (κ2) is 6.76. The smallest absolute Gasteiger partial charge is 0.407 e. The van der Waals surface area contributed by atoms with Crippen LogP contribution >= 0.6 is 0 Å². The molecule has 0 aliphatic carbocycles. The van der Waals surface area contributed by atoms with Crippen LogP contribution in [0.1, 0.15) is 0 Å². The Labute approximate surface area is 82.3 Å². The first-order chi connectivity index (χ1) is 6.60. The predicted octanol–water partition coefficient (Wildman–Crippen LogP) is 0.255. The van der Waals surface area contributed by atoms with Crippen molar-refractivity contribution in [3.63, 3.8) is 0 Å². The van der Waals surface area contributed by atoms with Crippen molar-refractivity contribution in [2.45, 2.75) is 0 Å². The zero-order chi connectivity index (χ0) is 11.0. The summed E-state index contributed by atoms with van der Waals surface area (Å²) in [6.45, 7) is 3.61. The largest absolute Gasteiger partial charge is 0.445 e. The maximum atomic E-state index is 10.6. The number of carbonyl (C=O) groups excluding carboxylic acids is 2. The van der Waals surface area contributed by atoms with Crippen molar-refractivity contribution < 1.29 is 19.1 Å². The summed E-state index contributed by atoms with van der Waals surface area (Å²) in [5.74, 6) is 0. The first kappa shape index (κ1) is 12.3. The molecule has 2 N–H and O–H groups in total. The van der Waals surface area contributed by atoms with Crippen LogP contribution in [0.5, 0.6) is 0 Å². The van der Waals surface area contributed by atoms with Crippen molar-refractivity contribution >= 4 is 12.2 Å². The number of nitrogens with one attached hydrogen (secondary N) is 2. The lowest BCUT2D eigenvalue weighted by atomic mass is 10.3. The van der Waals surface area contributed by atoms with E-state index in [2.05, 4.69) is 26.7 Å².